The van der Waals surface area contributed by atoms with Crippen molar-refractivity contribution < 1.29 is 17.9 Å². The zero-order chi connectivity index (χ0) is 16.2. The number of nitrogens with one attached hydrogen (secondary N) is 1. The number of benzene rings is 1. The molecule has 1 aromatic rings. The maximum absolute atomic E-state index is 12.2. The van der Waals surface area contributed by atoms with Gasteiger partial charge in [0.15, 0.2) is 9.84 Å². The molecule has 0 heterocycles. The number of nitrogens with two attached hydrogens (primary N) is 1. The highest BCUT2D eigenvalue weighted by atomic mass is 32.2. The van der Waals surface area contributed by atoms with E-state index in [2.05, 4.69) is 5.32 Å². The van der Waals surface area contributed by atoms with Crippen LogP contribution in [0.1, 0.15) is 25.7 Å². The van der Waals surface area contributed by atoms with Gasteiger partial charge in [-0.1, -0.05) is 18.9 Å². The van der Waals surface area contributed by atoms with E-state index in [0.717, 1.165) is 19.1 Å². The van der Waals surface area contributed by atoms with Crippen molar-refractivity contribution in [3.63, 3.8) is 0 Å². The van der Waals surface area contributed by atoms with Crippen LogP contribution in [0.2, 0.25) is 0 Å². The molecule has 3 N–H and O–H groups in total. The summed E-state index contributed by atoms with van der Waals surface area (Å²) in [5.41, 5.74) is 5.92. The second-order valence-electron chi connectivity index (χ2n) is 5.82. The van der Waals surface area contributed by atoms with Crippen LogP contribution in [-0.2, 0) is 14.6 Å². The lowest BCUT2D eigenvalue weighted by Crippen LogP contribution is -2.48. The van der Waals surface area contributed by atoms with E-state index in [0.29, 0.717) is 24.3 Å². The number of anilines is 1. The first-order valence-corrected chi connectivity index (χ1v) is 9.35. The van der Waals surface area contributed by atoms with Gasteiger partial charge in [-0.15, -0.1) is 0 Å². The van der Waals surface area contributed by atoms with Gasteiger partial charge in [-0.3, -0.25) is 4.79 Å². The van der Waals surface area contributed by atoms with E-state index < -0.39 is 15.4 Å². The predicted octanol–water partition coefficient (Wildman–Crippen LogP) is 1.32. The second-order valence-corrected chi connectivity index (χ2v) is 8.08. The van der Waals surface area contributed by atoms with Gasteiger partial charge < -0.3 is 15.8 Å². The maximum atomic E-state index is 12.2. The molecule has 1 aromatic carbocycles. The largest absolute Gasteiger partial charge is 0.492 e. The zero-order valence-electron chi connectivity index (χ0n) is 12.7. The molecule has 0 unspecified atom stereocenters. The summed E-state index contributed by atoms with van der Waals surface area (Å²) in [7, 11) is -3.05. The highest BCUT2D eigenvalue weighted by molar-refractivity contribution is 7.90. The standard InChI is InChI=1S/C15H22N2O4S/c1-22(19,20)10-9-21-13-6-4-5-12(11-13)17-14(18)15(16)7-2-3-8-15/h4-6,11H,2-3,7-10,16H2,1H3,(H,17,18). The van der Waals surface area contributed by atoms with Crippen LogP contribution in [0.3, 0.4) is 0 Å². The Kier molecular flexibility index (Phi) is 5.08. The van der Waals surface area contributed by atoms with Crippen molar-refractivity contribution >= 4 is 21.4 Å². The molecular formula is C15H22N2O4S. The molecule has 1 aliphatic rings. The van der Waals surface area contributed by atoms with Gasteiger partial charge >= 0.3 is 0 Å². The fourth-order valence-electron chi connectivity index (χ4n) is 2.46. The fraction of sp³-hybridized carbons (Fsp3) is 0.533. The minimum absolute atomic E-state index is 0.0461. The van der Waals surface area contributed by atoms with E-state index in [4.69, 9.17) is 10.5 Å². The van der Waals surface area contributed by atoms with Gasteiger partial charge in [-0.2, -0.15) is 0 Å². The lowest BCUT2D eigenvalue weighted by Gasteiger charge is -2.22. The number of hydrogen-bond donors (Lipinski definition) is 2. The second kappa shape index (κ2) is 6.66. The van der Waals surface area contributed by atoms with Crippen LogP contribution in [0.4, 0.5) is 5.69 Å². The van der Waals surface area contributed by atoms with Gasteiger partial charge in [-0.05, 0) is 25.0 Å². The minimum atomic E-state index is -3.05. The molecule has 1 saturated carbocycles. The molecule has 0 atom stereocenters. The number of amides is 1. The van der Waals surface area contributed by atoms with Crippen LogP contribution in [0.15, 0.2) is 24.3 Å². The number of rotatable bonds is 6. The molecule has 22 heavy (non-hydrogen) atoms. The summed E-state index contributed by atoms with van der Waals surface area (Å²) in [5, 5.41) is 2.81. The van der Waals surface area contributed by atoms with E-state index in [1.165, 1.54) is 0 Å². The molecule has 0 saturated heterocycles. The van der Waals surface area contributed by atoms with Crippen molar-refractivity contribution in [3.05, 3.63) is 24.3 Å². The Labute approximate surface area is 131 Å². The van der Waals surface area contributed by atoms with Crippen LogP contribution < -0.4 is 15.8 Å². The quantitative estimate of drug-likeness (QED) is 0.821. The first-order valence-electron chi connectivity index (χ1n) is 7.29. The van der Waals surface area contributed by atoms with E-state index in [1.807, 2.05) is 0 Å². The van der Waals surface area contributed by atoms with Gasteiger partial charge in [0.25, 0.3) is 0 Å². The predicted molar refractivity (Wildman–Crippen MR) is 85.7 cm³/mol. The van der Waals surface area contributed by atoms with Crippen molar-refractivity contribution in [3.8, 4) is 5.75 Å². The average Bonchev–Trinajstić information content (AvgIpc) is 2.86. The topological polar surface area (TPSA) is 98.5 Å². The van der Waals surface area contributed by atoms with Crippen LogP contribution in [0.25, 0.3) is 0 Å². The first-order chi connectivity index (χ1) is 10.3. The molecular weight excluding hydrogens is 304 g/mol. The Bertz CT molecular complexity index is 637. The van der Waals surface area contributed by atoms with Crippen LogP contribution in [0.5, 0.6) is 5.75 Å². The van der Waals surface area contributed by atoms with Crippen molar-refractivity contribution in [2.75, 3.05) is 23.9 Å². The Hall–Kier alpha value is -1.60. The van der Waals surface area contributed by atoms with Crippen LogP contribution in [0, 0.1) is 0 Å². The zero-order valence-corrected chi connectivity index (χ0v) is 13.5. The normalized spacial score (nSPS) is 17.2. The van der Waals surface area contributed by atoms with Crippen molar-refractivity contribution in [2.24, 2.45) is 5.73 Å². The highest BCUT2D eigenvalue weighted by Crippen LogP contribution is 2.28. The van der Waals surface area contributed by atoms with Crippen molar-refractivity contribution in [1.29, 1.82) is 0 Å². The summed E-state index contributed by atoms with van der Waals surface area (Å²) >= 11 is 0. The van der Waals surface area contributed by atoms with Crippen LogP contribution in [-0.4, -0.2) is 38.5 Å². The molecule has 1 fully saturated rings. The summed E-state index contributed by atoms with van der Waals surface area (Å²) in [6, 6.07) is 6.87. The number of ether oxygens (including phenoxy) is 1. The number of carbonyl (C=O) groups excluding carboxylic acids is 1. The molecule has 1 amide bonds. The van der Waals surface area contributed by atoms with Crippen molar-refractivity contribution in [2.45, 2.75) is 31.2 Å². The van der Waals surface area contributed by atoms with Gasteiger partial charge in [0.2, 0.25) is 5.91 Å². The van der Waals surface area contributed by atoms with Crippen molar-refractivity contribution in [1.82, 2.24) is 0 Å². The van der Waals surface area contributed by atoms with Gasteiger partial charge in [-0.25, -0.2) is 8.42 Å². The summed E-state index contributed by atoms with van der Waals surface area (Å²) in [5.74, 6) is 0.285. The monoisotopic (exact) mass is 326 g/mol. The third kappa shape index (κ3) is 4.71. The average molecular weight is 326 g/mol. The Morgan fingerprint density at radius 1 is 1.36 bits per heavy atom. The number of hydrogen-bond acceptors (Lipinski definition) is 5. The molecule has 0 bridgehead atoms. The minimum Gasteiger partial charge on any atom is -0.492 e. The van der Waals surface area contributed by atoms with Gasteiger partial charge in [0.1, 0.15) is 12.4 Å². The third-order valence-corrected chi connectivity index (χ3v) is 4.67. The molecule has 6 nitrogen and oxygen atoms in total. The number of sulfone groups is 1. The third-order valence-electron chi connectivity index (χ3n) is 3.76. The van der Waals surface area contributed by atoms with Gasteiger partial charge in [0, 0.05) is 18.0 Å². The molecule has 1 aliphatic carbocycles. The summed E-state index contributed by atoms with van der Waals surface area (Å²) < 4.78 is 27.5. The lowest BCUT2D eigenvalue weighted by atomic mass is 9.98. The van der Waals surface area contributed by atoms with E-state index >= 15 is 0 Å². The Morgan fingerprint density at radius 3 is 2.68 bits per heavy atom. The molecule has 0 aliphatic heterocycles. The van der Waals surface area contributed by atoms with Gasteiger partial charge in [0.05, 0.1) is 11.3 Å². The summed E-state index contributed by atoms with van der Waals surface area (Å²) in [4.78, 5) is 12.2. The van der Waals surface area contributed by atoms with E-state index in [1.54, 1.807) is 24.3 Å². The fourth-order valence-corrected chi connectivity index (χ4v) is 2.85. The molecule has 0 aromatic heterocycles. The van der Waals surface area contributed by atoms with Crippen LogP contribution >= 0.6 is 0 Å². The first kappa shape index (κ1) is 16.8. The smallest absolute Gasteiger partial charge is 0.244 e. The molecule has 7 heteroatoms. The van der Waals surface area contributed by atoms with E-state index in [9.17, 15) is 13.2 Å². The molecule has 0 radical (unpaired) electrons. The SMILES string of the molecule is CS(=O)(=O)CCOc1cccc(NC(=O)C2(N)CCCC2)c1. The Balaban J connectivity index is 1.95. The lowest BCUT2D eigenvalue weighted by molar-refractivity contribution is -0.121. The summed E-state index contributed by atoms with van der Waals surface area (Å²) in [6.07, 6.45) is 4.50. The van der Waals surface area contributed by atoms with E-state index in [-0.39, 0.29) is 18.3 Å². The Morgan fingerprint density at radius 2 is 2.05 bits per heavy atom. The molecule has 2 rings (SSSR count). The molecule has 122 valence electrons. The maximum Gasteiger partial charge on any atom is 0.244 e. The number of carbonyl (C=O) groups is 1. The highest BCUT2D eigenvalue weighted by Gasteiger charge is 2.36. The summed E-state index contributed by atoms with van der Waals surface area (Å²) in [6.45, 7) is 0.0804. The molecule has 0 spiro atoms.